The average molecular weight is 373 g/mol. The highest BCUT2D eigenvalue weighted by Crippen LogP contribution is 2.30. The van der Waals surface area contributed by atoms with Crippen LogP contribution in [0.25, 0.3) is 0 Å². The highest BCUT2D eigenvalue weighted by atomic mass is 79.9. The third-order valence-corrected chi connectivity index (χ3v) is 4.21. The summed E-state index contributed by atoms with van der Waals surface area (Å²) in [5.74, 6) is 0.0348. The maximum absolute atomic E-state index is 12.5. The maximum Gasteiger partial charge on any atom is 0.433 e. The first-order chi connectivity index (χ1) is 8.86. The van der Waals surface area contributed by atoms with Crippen molar-refractivity contribution in [2.45, 2.75) is 12.7 Å². The molecule has 0 spiro atoms. The minimum absolute atomic E-state index is 0.0348. The van der Waals surface area contributed by atoms with Crippen molar-refractivity contribution in [1.29, 1.82) is 0 Å². The molecule has 0 bridgehead atoms. The van der Waals surface area contributed by atoms with Crippen molar-refractivity contribution in [2.75, 3.05) is 5.32 Å². The number of nitrogens with one attached hydrogen (secondary N) is 1. The molecule has 2 rings (SSSR count). The molecule has 2 aromatic heterocycles. The topological polar surface area (TPSA) is 37.8 Å². The summed E-state index contributed by atoms with van der Waals surface area (Å²) in [7, 11) is 0. The largest absolute Gasteiger partial charge is 0.433 e. The summed E-state index contributed by atoms with van der Waals surface area (Å²) in [4.78, 5) is 7.81. The Morgan fingerprint density at radius 3 is 2.68 bits per heavy atom. The van der Waals surface area contributed by atoms with Crippen molar-refractivity contribution >= 4 is 44.7 Å². The van der Waals surface area contributed by atoms with Gasteiger partial charge >= 0.3 is 6.18 Å². The second kappa shape index (κ2) is 5.64. The Kier molecular flexibility index (Phi) is 4.32. The van der Waals surface area contributed by atoms with Crippen LogP contribution >= 0.6 is 38.9 Å². The Morgan fingerprint density at radius 1 is 1.37 bits per heavy atom. The number of rotatable bonds is 3. The second-order valence-electron chi connectivity index (χ2n) is 3.45. The van der Waals surface area contributed by atoms with E-state index in [-0.39, 0.29) is 5.82 Å². The van der Waals surface area contributed by atoms with E-state index in [4.69, 9.17) is 11.6 Å². The number of thiophene rings is 1. The van der Waals surface area contributed by atoms with E-state index in [0.717, 1.165) is 15.4 Å². The first-order valence-corrected chi connectivity index (χ1v) is 6.99. The third kappa shape index (κ3) is 3.80. The molecule has 0 aliphatic rings. The Hall–Kier alpha value is -0.860. The first kappa shape index (κ1) is 14.5. The molecule has 0 radical (unpaired) electrons. The molecular formula is C10H6BrClF3N3S. The van der Waals surface area contributed by atoms with Gasteiger partial charge in [-0.15, -0.1) is 11.3 Å². The van der Waals surface area contributed by atoms with Gasteiger partial charge in [0.1, 0.15) is 5.82 Å². The van der Waals surface area contributed by atoms with E-state index in [0.29, 0.717) is 6.54 Å². The molecule has 0 saturated carbocycles. The number of alkyl halides is 3. The van der Waals surface area contributed by atoms with Crippen LogP contribution in [-0.4, -0.2) is 9.97 Å². The monoisotopic (exact) mass is 371 g/mol. The Morgan fingerprint density at radius 2 is 2.11 bits per heavy atom. The molecule has 102 valence electrons. The second-order valence-corrected chi connectivity index (χ2v) is 5.64. The fourth-order valence-electron chi connectivity index (χ4n) is 1.28. The van der Waals surface area contributed by atoms with Crippen LogP contribution < -0.4 is 5.32 Å². The van der Waals surface area contributed by atoms with Gasteiger partial charge in [0.05, 0.1) is 6.54 Å². The number of hydrogen-bond acceptors (Lipinski definition) is 4. The fourth-order valence-corrected chi connectivity index (χ4v) is 2.89. The van der Waals surface area contributed by atoms with Gasteiger partial charge in [-0.2, -0.15) is 13.2 Å². The lowest BCUT2D eigenvalue weighted by atomic mass is 10.3. The number of halogens is 5. The predicted molar refractivity (Wildman–Crippen MR) is 71.4 cm³/mol. The summed E-state index contributed by atoms with van der Waals surface area (Å²) in [6.45, 7) is 0.350. The van der Waals surface area contributed by atoms with Gasteiger partial charge in [-0.1, -0.05) is 0 Å². The summed E-state index contributed by atoms with van der Waals surface area (Å²) in [6.07, 6.45) is -4.55. The third-order valence-electron chi connectivity index (χ3n) is 2.11. The molecule has 0 aromatic carbocycles. The lowest BCUT2D eigenvalue weighted by molar-refractivity contribution is -0.141. The molecule has 9 heteroatoms. The van der Waals surface area contributed by atoms with Crippen molar-refractivity contribution in [1.82, 2.24) is 9.97 Å². The Bertz CT molecular complexity index is 588. The van der Waals surface area contributed by atoms with Gasteiger partial charge in [0, 0.05) is 15.4 Å². The Labute approximate surface area is 124 Å². The van der Waals surface area contributed by atoms with Gasteiger partial charge in [0.2, 0.25) is 5.28 Å². The zero-order valence-corrected chi connectivity index (χ0v) is 12.3. The molecule has 0 atom stereocenters. The molecule has 0 aliphatic carbocycles. The molecular weight excluding hydrogens is 367 g/mol. The smallest absolute Gasteiger partial charge is 0.365 e. The summed E-state index contributed by atoms with van der Waals surface area (Å²) in [6, 6.07) is 2.68. The minimum atomic E-state index is -4.55. The zero-order chi connectivity index (χ0) is 14.0. The molecule has 0 fully saturated rings. The van der Waals surface area contributed by atoms with E-state index in [9.17, 15) is 13.2 Å². The maximum atomic E-state index is 12.5. The van der Waals surface area contributed by atoms with Crippen LogP contribution in [-0.2, 0) is 12.7 Å². The summed E-state index contributed by atoms with van der Waals surface area (Å²) in [5, 5.41) is 4.21. The minimum Gasteiger partial charge on any atom is -0.365 e. The van der Waals surface area contributed by atoms with Gasteiger partial charge in [0.25, 0.3) is 0 Å². The highest BCUT2D eigenvalue weighted by Gasteiger charge is 2.33. The zero-order valence-electron chi connectivity index (χ0n) is 9.13. The van der Waals surface area contributed by atoms with Gasteiger partial charge in [0.15, 0.2) is 5.69 Å². The van der Waals surface area contributed by atoms with Crippen LogP contribution in [0.15, 0.2) is 22.0 Å². The van der Waals surface area contributed by atoms with E-state index < -0.39 is 17.2 Å². The molecule has 2 heterocycles. The summed E-state index contributed by atoms with van der Waals surface area (Å²) >= 11 is 10.3. The molecule has 0 saturated heterocycles. The SMILES string of the molecule is FC(F)(F)c1cc(NCc2sccc2Br)nc(Cl)n1. The number of nitrogens with zero attached hydrogens (tertiary/aromatic N) is 2. The molecule has 1 N–H and O–H groups in total. The average Bonchev–Trinajstić information content (AvgIpc) is 2.70. The number of hydrogen-bond donors (Lipinski definition) is 1. The van der Waals surface area contributed by atoms with Crippen LogP contribution in [0, 0.1) is 0 Å². The molecule has 0 aliphatic heterocycles. The van der Waals surface area contributed by atoms with Crippen molar-refractivity contribution in [3.05, 3.63) is 37.8 Å². The van der Waals surface area contributed by atoms with Crippen LogP contribution in [0.2, 0.25) is 5.28 Å². The van der Waals surface area contributed by atoms with Crippen LogP contribution in [0.3, 0.4) is 0 Å². The van der Waals surface area contributed by atoms with E-state index in [1.165, 1.54) is 11.3 Å². The van der Waals surface area contributed by atoms with Crippen LogP contribution in [0.4, 0.5) is 19.0 Å². The standard InChI is InChI=1S/C10H6BrClF3N3S/c11-5-1-2-19-6(5)4-16-8-3-7(10(13,14)15)17-9(12)18-8/h1-3H,4H2,(H,16,17,18). The van der Waals surface area contributed by atoms with E-state index in [1.807, 2.05) is 11.4 Å². The lowest BCUT2D eigenvalue weighted by Gasteiger charge is -2.09. The molecule has 3 nitrogen and oxygen atoms in total. The highest BCUT2D eigenvalue weighted by molar-refractivity contribution is 9.10. The van der Waals surface area contributed by atoms with Crippen LogP contribution in [0.5, 0.6) is 0 Å². The van der Waals surface area contributed by atoms with E-state index >= 15 is 0 Å². The first-order valence-electron chi connectivity index (χ1n) is 4.94. The van der Waals surface area contributed by atoms with Gasteiger partial charge in [-0.3, -0.25) is 0 Å². The van der Waals surface area contributed by atoms with Crippen molar-refractivity contribution in [3.8, 4) is 0 Å². The van der Waals surface area contributed by atoms with Crippen LogP contribution in [0.1, 0.15) is 10.6 Å². The molecule has 2 aromatic rings. The number of anilines is 1. The van der Waals surface area contributed by atoms with E-state index in [1.54, 1.807) is 0 Å². The van der Waals surface area contributed by atoms with Crippen molar-refractivity contribution in [2.24, 2.45) is 0 Å². The lowest BCUT2D eigenvalue weighted by Crippen LogP contribution is -2.11. The van der Waals surface area contributed by atoms with E-state index in [2.05, 4.69) is 31.2 Å². The fraction of sp³-hybridized carbons (Fsp3) is 0.200. The normalized spacial score (nSPS) is 11.6. The quantitative estimate of drug-likeness (QED) is 0.801. The van der Waals surface area contributed by atoms with Gasteiger partial charge in [-0.05, 0) is 39.0 Å². The summed E-state index contributed by atoms with van der Waals surface area (Å²) < 4.78 is 38.5. The van der Waals surface area contributed by atoms with Gasteiger partial charge in [-0.25, -0.2) is 9.97 Å². The van der Waals surface area contributed by atoms with Crippen molar-refractivity contribution < 1.29 is 13.2 Å². The Balaban J connectivity index is 2.17. The van der Waals surface area contributed by atoms with Crippen molar-refractivity contribution in [3.63, 3.8) is 0 Å². The molecule has 19 heavy (non-hydrogen) atoms. The van der Waals surface area contributed by atoms with Gasteiger partial charge < -0.3 is 5.32 Å². The predicted octanol–water partition coefficient (Wildman–Crippen LogP) is 4.58. The molecule has 0 amide bonds. The molecule has 0 unspecified atom stereocenters. The number of aromatic nitrogens is 2. The summed E-state index contributed by atoms with van der Waals surface area (Å²) in [5.41, 5.74) is -1.07.